The van der Waals surface area contributed by atoms with Crippen molar-refractivity contribution in [3.8, 4) is 6.19 Å². The van der Waals surface area contributed by atoms with Crippen LogP contribution in [0.15, 0.2) is 35.3 Å². The first-order valence-electron chi connectivity index (χ1n) is 4.98. The molecule has 1 rings (SSSR count). The second-order valence-corrected chi connectivity index (χ2v) is 3.59. The summed E-state index contributed by atoms with van der Waals surface area (Å²) in [5, 5.41) is 11.7. The van der Waals surface area contributed by atoms with E-state index >= 15 is 0 Å². The normalized spacial score (nSPS) is 11.2. The van der Waals surface area contributed by atoms with Crippen LogP contribution in [0.4, 0.5) is 0 Å². The van der Waals surface area contributed by atoms with Crippen molar-refractivity contribution in [2.24, 2.45) is 10.9 Å². The zero-order valence-electron chi connectivity index (χ0n) is 9.07. The van der Waals surface area contributed by atoms with E-state index in [1.54, 1.807) is 0 Å². The summed E-state index contributed by atoms with van der Waals surface area (Å²) >= 11 is 0. The van der Waals surface area contributed by atoms with Crippen molar-refractivity contribution in [3.05, 3.63) is 35.9 Å². The fraction of sp³-hybridized carbons (Fsp3) is 0.333. The molecule has 0 saturated carbocycles. The molecular formula is C12H15N3. The van der Waals surface area contributed by atoms with Crippen LogP contribution in [0.5, 0.6) is 0 Å². The number of hydrogen-bond acceptors (Lipinski definition) is 2. The molecule has 0 spiro atoms. The Hall–Kier alpha value is -1.82. The van der Waals surface area contributed by atoms with E-state index in [1.807, 2.05) is 50.4 Å². The fourth-order valence-corrected chi connectivity index (χ4v) is 1.22. The Morgan fingerprint density at radius 3 is 2.60 bits per heavy atom. The van der Waals surface area contributed by atoms with E-state index in [0.29, 0.717) is 6.54 Å². The van der Waals surface area contributed by atoms with Gasteiger partial charge >= 0.3 is 0 Å². The number of nitrogens with one attached hydrogen (secondary N) is 1. The first kappa shape index (κ1) is 11.3. The minimum absolute atomic E-state index is 0.244. The van der Waals surface area contributed by atoms with Crippen molar-refractivity contribution in [3.63, 3.8) is 0 Å². The molecule has 0 aromatic heterocycles. The standard InChI is InChI=1S/C12H15N3/c1-10(2)12(15-9-13)14-8-11-6-4-3-5-7-11/h3-7,10H,8H2,1-2H3,(H,14,15). The quantitative estimate of drug-likeness (QED) is 0.463. The molecule has 0 fully saturated rings. The average molecular weight is 201 g/mol. The summed E-state index contributed by atoms with van der Waals surface area (Å²) < 4.78 is 0. The van der Waals surface area contributed by atoms with Gasteiger partial charge in [-0.3, -0.25) is 0 Å². The number of rotatable bonds is 3. The SMILES string of the molecule is CC(C)/C(=N/C#N)NCc1ccccc1. The van der Waals surface area contributed by atoms with Crippen molar-refractivity contribution in [2.45, 2.75) is 20.4 Å². The first-order chi connectivity index (χ1) is 7.24. The van der Waals surface area contributed by atoms with E-state index in [2.05, 4.69) is 10.3 Å². The third kappa shape index (κ3) is 3.82. The van der Waals surface area contributed by atoms with Crippen LogP contribution in [0, 0.1) is 17.4 Å². The van der Waals surface area contributed by atoms with Crippen LogP contribution in [-0.2, 0) is 6.54 Å². The second kappa shape index (κ2) is 5.82. The van der Waals surface area contributed by atoms with Gasteiger partial charge in [0.1, 0.15) is 5.84 Å². The molecule has 0 bridgehead atoms. The summed E-state index contributed by atoms with van der Waals surface area (Å²) in [6, 6.07) is 10.0. The Kier molecular flexibility index (Phi) is 4.36. The summed E-state index contributed by atoms with van der Waals surface area (Å²) in [6.07, 6.45) is 1.81. The lowest BCUT2D eigenvalue weighted by Gasteiger charge is -2.11. The molecule has 1 N–H and O–H groups in total. The number of hydrogen-bond donors (Lipinski definition) is 1. The van der Waals surface area contributed by atoms with E-state index < -0.39 is 0 Å². The molecule has 0 heterocycles. The highest BCUT2D eigenvalue weighted by atomic mass is 15.0. The third-order valence-electron chi connectivity index (χ3n) is 2.03. The molecule has 3 heteroatoms. The summed E-state index contributed by atoms with van der Waals surface area (Å²) in [7, 11) is 0. The van der Waals surface area contributed by atoms with Crippen molar-refractivity contribution >= 4 is 5.84 Å². The van der Waals surface area contributed by atoms with Gasteiger partial charge in [-0.05, 0) is 5.56 Å². The largest absolute Gasteiger partial charge is 0.369 e. The molecule has 0 aliphatic carbocycles. The lowest BCUT2D eigenvalue weighted by molar-refractivity contribution is 0.788. The Morgan fingerprint density at radius 1 is 1.40 bits per heavy atom. The summed E-state index contributed by atoms with van der Waals surface area (Å²) in [5.41, 5.74) is 1.18. The zero-order valence-corrected chi connectivity index (χ0v) is 9.07. The van der Waals surface area contributed by atoms with E-state index in [1.165, 1.54) is 5.56 Å². The predicted molar refractivity (Wildman–Crippen MR) is 61.2 cm³/mol. The van der Waals surface area contributed by atoms with Gasteiger partial charge in [-0.25, -0.2) is 0 Å². The Bertz CT molecular complexity index is 360. The predicted octanol–water partition coefficient (Wildman–Crippen LogP) is 2.31. The Labute approximate surface area is 90.5 Å². The van der Waals surface area contributed by atoms with E-state index in [-0.39, 0.29) is 5.92 Å². The maximum Gasteiger partial charge on any atom is 0.207 e. The van der Waals surface area contributed by atoms with Gasteiger partial charge in [-0.2, -0.15) is 10.3 Å². The molecule has 0 radical (unpaired) electrons. The number of aliphatic imine (C=N–C) groups is 1. The molecule has 0 unspecified atom stereocenters. The van der Waals surface area contributed by atoms with Crippen molar-refractivity contribution in [1.29, 1.82) is 5.26 Å². The molecule has 1 aromatic rings. The fourth-order valence-electron chi connectivity index (χ4n) is 1.22. The molecule has 0 saturated heterocycles. The van der Waals surface area contributed by atoms with Crippen LogP contribution >= 0.6 is 0 Å². The van der Waals surface area contributed by atoms with Crippen molar-refractivity contribution < 1.29 is 0 Å². The van der Waals surface area contributed by atoms with Gasteiger partial charge in [0.25, 0.3) is 0 Å². The van der Waals surface area contributed by atoms with Crippen molar-refractivity contribution in [1.82, 2.24) is 5.32 Å². The van der Waals surface area contributed by atoms with E-state index in [9.17, 15) is 0 Å². The van der Waals surface area contributed by atoms with Gasteiger partial charge in [0.2, 0.25) is 6.19 Å². The van der Waals surface area contributed by atoms with Crippen LogP contribution in [0.1, 0.15) is 19.4 Å². The summed E-state index contributed by atoms with van der Waals surface area (Å²) in [5.74, 6) is 0.981. The van der Waals surface area contributed by atoms with Gasteiger partial charge in [-0.1, -0.05) is 44.2 Å². The lowest BCUT2D eigenvalue weighted by atomic mass is 10.2. The van der Waals surface area contributed by atoms with Crippen LogP contribution in [0.2, 0.25) is 0 Å². The highest BCUT2D eigenvalue weighted by molar-refractivity contribution is 5.84. The number of amidine groups is 1. The Morgan fingerprint density at radius 2 is 2.07 bits per heavy atom. The van der Waals surface area contributed by atoms with Gasteiger partial charge < -0.3 is 5.32 Å². The number of benzene rings is 1. The van der Waals surface area contributed by atoms with Crippen LogP contribution < -0.4 is 5.32 Å². The Balaban J connectivity index is 2.56. The average Bonchev–Trinajstić information content (AvgIpc) is 2.25. The highest BCUT2D eigenvalue weighted by Crippen LogP contribution is 2.00. The topological polar surface area (TPSA) is 48.2 Å². The number of nitriles is 1. The monoisotopic (exact) mass is 201 g/mol. The molecule has 0 aliphatic rings. The van der Waals surface area contributed by atoms with Crippen molar-refractivity contribution in [2.75, 3.05) is 0 Å². The first-order valence-corrected chi connectivity index (χ1v) is 4.98. The molecule has 0 aliphatic heterocycles. The lowest BCUT2D eigenvalue weighted by Crippen LogP contribution is -2.27. The summed E-state index contributed by atoms with van der Waals surface area (Å²) in [6.45, 7) is 4.72. The molecular weight excluding hydrogens is 186 g/mol. The molecule has 78 valence electrons. The maximum absolute atomic E-state index is 8.51. The maximum atomic E-state index is 8.51. The smallest absolute Gasteiger partial charge is 0.207 e. The summed E-state index contributed by atoms with van der Waals surface area (Å²) in [4.78, 5) is 3.75. The minimum atomic E-state index is 0.244. The minimum Gasteiger partial charge on any atom is -0.369 e. The number of nitrogens with zero attached hydrogens (tertiary/aromatic N) is 2. The molecule has 3 nitrogen and oxygen atoms in total. The van der Waals surface area contributed by atoms with Crippen LogP contribution in [0.25, 0.3) is 0 Å². The molecule has 0 atom stereocenters. The van der Waals surface area contributed by atoms with E-state index in [0.717, 1.165) is 5.84 Å². The zero-order chi connectivity index (χ0) is 11.1. The van der Waals surface area contributed by atoms with Gasteiger partial charge in [-0.15, -0.1) is 0 Å². The van der Waals surface area contributed by atoms with Gasteiger partial charge in [0, 0.05) is 12.5 Å². The third-order valence-corrected chi connectivity index (χ3v) is 2.03. The molecule has 15 heavy (non-hydrogen) atoms. The van der Waals surface area contributed by atoms with Gasteiger partial charge in [0.05, 0.1) is 0 Å². The second-order valence-electron chi connectivity index (χ2n) is 3.59. The molecule has 0 amide bonds. The van der Waals surface area contributed by atoms with Crippen LogP contribution in [-0.4, -0.2) is 5.84 Å². The molecule has 1 aromatic carbocycles. The van der Waals surface area contributed by atoms with Crippen LogP contribution in [0.3, 0.4) is 0 Å². The highest BCUT2D eigenvalue weighted by Gasteiger charge is 2.03. The van der Waals surface area contributed by atoms with E-state index in [4.69, 9.17) is 5.26 Å². The van der Waals surface area contributed by atoms with Gasteiger partial charge in [0.15, 0.2) is 0 Å².